The Morgan fingerprint density at radius 3 is 2.72 bits per heavy atom. The van der Waals surface area contributed by atoms with Crippen LogP contribution in [0.1, 0.15) is 20.3 Å². The van der Waals surface area contributed by atoms with Crippen LogP contribution in [0.5, 0.6) is 0 Å². The molecular weight excluding hydrogens is 242 g/mol. The predicted octanol–water partition coefficient (Wildman–Crippen LogP) is 3.48. The zero-order valence-electron chi connectivity index (χ0n) is 11.0. The van der Waals surface area contributed by atoms with Crippen molar-refractivity contribution >= 4 is 23.4 Å². The van der Waals surface area contributed by atoms with Gasteiger partial charge in [0.1, 0.15) is 4.75 Å². The van der Waals surface area contributed by atoms with Gasteiger partial charge in [-0.3, -0.25) is 4.79 Å². The highest BCUT2D eigenvalue weighted by molar-refractivity contribution is 8.02. The van der Waals surface area contributed by atoms with Crippen molar-refractivity contribution in [1.82, 2.24) is 0 Å². The van der Waals surface area contributed by atoms with Crippen LogP contribution in [0, 0.1) is 5.41 Å². The van der Waals surface area contributed by atoms with E-state index >= 15 is 0 Å². The van der Waals surface area contributed by atoms with Gasteiger partial charge in [-0.25, -0.2) is 0 Å². The Kier molecular flexibility index (Phi) is 2.25. The van der Waals surface area contributed by atoms with Gasteiger partial charge in [0.25, 0.3) is 0 Å². The van der Waals surface area contributed by atoms with Gasteiger partial charge in [-0.2, -0.15) is 0 Å². The molecule has 1 aromatic rings. The lowest BCUT2D eigenvalue weighted by Gasteiger charge is -2.34. The molecule has 1 fully saturated rings. The summed E-state index contributed by atoms with van der Waals surface area (Å²) in [6, 6.07) is 8.12. The maximum absolute atomic E-state index is 12.7. The minimum atomic E-state index is -0.318. The molecule has 0 radical (unpaired) electrons. The van der Waals surface area contributed by atoms with Crippen molar-refractivity contribution in [2.45, 2.75) is 29.9 Å². The standard InChI is InChI=1S/C15H17NOS/c1-10(2)14(3)9-15(14)13(17)16(4)11-7-5-6-8-12(11)18-15/h5-8H,1,9H2,2-4H3. The van der Waals surface area contributed by atoms with Gasteiger partial charge in [-0.1, -0.05) is 31.2 Å². The molecule has 1 aromatic carbocycles. The van der Waals surface area contributed by atoms with Crippen LogP contribution in [-0.4, -0.2) is 17.7 Å². The Morgan fingerprint density at radius 2 is 2.11 bits per heavy atom. The molecule has 0 bridgehead atoms. The molecule has 3 rings (SSSR count). The fourth-order valence-electron chi connectivity index (χ4n) is 2.84. The topological polar surface area (TPSA) is 20.3 Å². The molecule has 2 atom stereocenters. The lowest BCUT2D eigenvalue weighted by atomic mass is 9.97. The Hall–Kier alpha value is -1.22. The van der Waals surface area contributed by atoms with Crippen LogP contribution in [0.2, 0.25) is 0 Å². The van der Waals surface area contributed by atoms with Gasteiger partial charge in [-0.05, 0) is 25.5 Å². The number of amides is 1. The van der Waals surface area contributed by atoms with E-state index in [2.05, 4.69) is 19.6 Å². The van der Waals surface area contributed by atoms with E-state index in [1.165, 1.54) is 4.90 Å². The molecule has 0 N–H and O–H groups in total. The number of carbonyl (C=O) groups excluding carboxylic acids is 1. The fraction of sp³-hybridized carbons (Fsp3) is 0.400. The first kappa shape index (κ1) is 11.8. The number of carbonyl (C=O) groups is 1. The summed E-state index contributed by atoms with van der Waals surface area (Å²) in [7, 11) is 1.87. The lowest BCUT2D eigenvalue weighted by molar-refractivity contribution is -0.119. The number of thioether (sulfide) groups is 1. The second-order valence-corrected chi connectivity index (χ2v) is 6.89. The van der Waals surface area contributed by atoms with Crippen molar-refractivity contribution in [1.29, 1.82) is 0 Å². The monoisotopic (exact) mass is 259 g/mol. The number of allylic oxidation sites excluding steroid dienone is 1. The molecule has 0 aromatic heterocycles. The van der Waals surface area contributed by atoms with Crippen LogP contribution in [0.4, 0.5) is 5.69 Å². The first-order chi connectivity index (χ1) is 8.42. The Labute approximate surface area is 112 Å². The maximum atomic E-state index is 12.7. The van der Waals surface area contributed by atoms with E-state index < -0.39 is 0 Å². The third-order valence-electron chi connectivity index (χ3n) is 4.47. The number of hydrogen-bond donors (Lipinski definition) is 0. The summed E-state index contributed by atoms with van der Waals surface area (Å²) in [5.41, 5.74) is 2.07. The molecule has 2 aliphatic rings. The van der Waals surface area contributed by atoms with Gasteiger partial charge in [0.05, 0.1) is 5.69 Å². The van der Waals surface area contributed by atoms with Crippen molar-refractivity contribution in [3.63, 3.8) is 0 Å². The predicted molar refractivity (Wildman–Crippen MR) is 76.0 cm³/mol. The molecule has 1 saturated carbocycles. The van der Waals surface area contributed by atoms with Crippen LogP contribution in [0.3, 0.4) is 0 Å². The van der Waals surface area contributed by atoms with E-state index in [1.807, 2.05) is 32.2 Å². The second kappa shape index (κ2) is 3.41. The molecule has 94 valence electrons. The molecule has 2 nitrogen and oxygen atoms in total. The highest BCUT2D eigenvalue weighted by Crippen LogP contribution is 2.71. The molecule has 1 amide bonds. The molecule has 3 heteroatoms. The number of benzene rings is 1. The van der Waals surface area contributed by atoms with E-state index in [9.17, 15) is 4.79 Å². The quantitative estimate of drug-likeness (QED) is 0.720. The summed E-state index contributed by atoms with van der Waals surface area (Å²) in [6.07, 6.45) is 0.900. The zero-order valence-corrected chi connectivity index (χ0v) is 11.8. The Balaban J connectivity index is 2.09. The van der Waals surface area contributed by atoms with Crippen molar-refractivity contribution in [3.05, 3.63) is 36.4 Å². The Bertz CT molecular complexity index is 567. The summed E-state index contributed by atoms with van der Waals surface area (Å²) in [4.78, 5) is 15.7. The largest absolute Gasteiger partial charge is 0.313 e. The van der Waals surface area contributed by atoms with Crippen molar-refractivity contribution in [2.24, 2.45) is 5.41 Å². The first-order valence-corrected chi connectivity index (χ1v) is 6.96. The Morgan fingerprint density at radius 1 is 1.44 bits per heavy atom. The number of fused-ring (bicyclic) bond motifs is 1. The first-order valence-electron chi connectivity index (χ1n) is 6.14. The highest BCUT2D eigenvalue weighted by Gasteiger charge is 2.72. The van der Waals surface area contributed by atoms with E-state index in [0.29, 0.717) is 0 Å². The minimum Gasteiger partial charge on any atom is -0.313 e. The molecule has 1 heterocycles. The molecule has 2 unspecified atom stereocenters. The summed E-state index contributed by atoms with van der Waals surface area (Å²) in [6.45, 7) is 8.26. The fourth-order valence-corrected chi connectivity index (χ4v) is 4.66. The van der Waals surface area contributed by atoms with E-state index in [4.69, 9.17) is 0 Å². The van der Waals surface area contributed by atoms with Crippen LogP contribution in [0.15, 0.2) is 41.3 Å². The number of para-hydroxylation sites is 1. The van der Waals surface area contributed by atoms with E-state index in [0.717, 1.165) is 17.7 Å². The van der Waals surface area contributed by atoms with Crippen LogP contribution in [0.25, 0.3) is 0 Å². The van der Waals surface area contributed by atoms with Crippen LogP contribution < -0.4 is 4.90 Å². The number of rotatable bonds is 1. The number of hydrogen-bond acceptors (Lipinski definition) is 2. The van der Waals surface area contributed by atoms with Crippen molar-refractivity contribution < 1.29 is 4.79 Å². The van der Waals surface area contributed by atoms with E-state index in [1.54, 1.807) is 16.7 Å². The van der Waals surface area contributed by atoms with E-state index in [-0.39, 0.29) is 16.1 Å². The molecule has 18 heavy (non-hydrogen) atoms. The zero-order chi connectivity index (χ0) is 13.1. The summed E-state index contributed by atoms with van der Waals surface area (Å²) >= 11 is 1.72. The molecule has 1 spiro atoms. The second-order valence-electron chi connectivity index (χ2n) is 5.55. The van der Waals surface area contributed by atoms with Crippen LogP contribution in [-0.2, 0) is 4.79 Å². The lowest BCUT2D eigenvalue weighted by Crippen LogP contribution is -2.42. The van der Waals surface area contributed by atoms with Gasteiger partial charge < -0.3 is 4.90 Å². The normalized spacial score (nSPS) is 33.5. The highest BCUT2D eigenvalue weighted by atomic mass is 32.2. The average Bonchev–Trinajstić information content (AvgIpc) is 2.95. The van der Waals surface area contributed by atoms with Gasteiger partial charge in [-0.15, -0.1) is 11.8 Å². The summed E-state index contributed by atoms with van der Waals surface area (Å²) < 4.78 is -0.318. The van der Waals surface area contributed by atoms with Crippen molar-refractivity contribution in [3.8, 4) is 0 Å². The average molecular weight is 259 g/mol. The molecule has 0 saturated heterocycles. The summed E-state index contributed by atoms with van der Waals surface area (Å²) in [5.74, 6) is 0.219. The number of anilines is 1. The molecule has 1 aliphatic heterocycles. The smallest absolute Gasteiger partial charge is 0.244 e. The van der Waals surface area contributed by atoms with Gasteiger partial charge in [0.15, 0.2) is 0 Å². The summed E-state index contributed by atoms with van der Waals surface area (Å²) in [5, 5.41) is 0. The van der Waals surface area contributed by atoms with Crippen LogP contribution >= 0.6 is 11.8 Å². The maximum Gasteiger partial charge on any atom is 0.244 e. The van der Waals surface area contributed by atoms with Crippen molar-refractivity contribution in [2.75, 3.05) is 11.9 Å². The van der Waals surface area contributed by atoms with Gasteiger partial charge in [0, 0.05) is 17.4 Å². The SMILES string of the molecule is C=C(C)C1(C)CC12Sc1ccccc1N(C)C2=O. The molecule has 1 aliphatic carbocycles. The van der Waals surface area contributed by atoms with Gasteiger partial charge in [0.2, 0.25) is 5.91 Å². The van der Waals surface area contributed by atoms with Gasteiger partial charge >= 0.3 is 0 Å². The molecular formula is C15H17NOS. The third kappa shape index (κ3) is 1.23. The number of nitrogens with zero attached hydrogens (tertiary/aromatic N) is 1. The minimum absolute atomic E-state index is 0.0590. The third-order valence-corrected chi connectivity index (χ3v) is 6.15.